The molecule has 0 spiro atoms. The van der Waals surface area contributed by atoms with Gasteiger partial charge in [0, 0.05) is 11.3 Å². The topological polar surface area (TPSA) is 57.6 Å². The number of rotatable bonds is 4. The average molecular weight is 233 g/mol. The Morgan fingerprint density at radius 3 is 2.24 bits per heavy atom. The van der Waals surface area contributed by atoms with E-state index in [1.54, 1.807) is 37.3 Å². The zero-order valence-corrected chi connectivity index (χ0v) is 9.88. The molecule has 4 heteroatoms. The molecule has 1 aromatic carbocycles. The summed E-state index contributed by atoms with van der Waals surface area (Å²) >= 11 is 0. The Morgan fingerprint density at radius 2 is 1.82 bits per heavy atom. The average Bonchev–Trinajstić information content (AvgIpc) is 2.30. The van der Waals surface area contributed by atoms with Crippen LogP contribution in [0, 0.1) is 0 Å². The van der Waals surface area contributed by atoms with Crippen LogP contribution in [-0.4, -0.2) is 23.0 Å². The van der Waals surface area contributed by atoms with Crippen molar-refractivity contribution in [2.45, 2.75) is 19.9 Å². The van der Waals surface area contributed by atoms with Gasteiger partial charge in [0.05, 0.1) is 0 Å². The summed E-state index contributed by atoms with van der Waals surface area (Å²) in [6.45, 7) is 6.59. The van der Waals surface area contributed by atoms with E-state index < -0.39 is 12.0 Å². The molecule has 1 aromatic rings. The minimum Gasteiger partial charge on any atom is -0.480 e. The van der Waals surface area contributed by atoms with Gasteiger partial charge in [0.1, 0.15) is 6.04 Å². The molecule has 1 N–H and O–H groups in total. The van der Waals surface area contributed by atoms with Crippen molar-refractivity contribution in [1.29, 1.82) is 0 Å². The minimum absolute atomic E-state index is 0.307. The number of carbonyl (C=O) groups is 2. The van der Waals surface area contributed by atoms with Crippen molar-refractivity contribution < 1.29 is 14.7 Å². The number of carbonyl (C=O) groups excluding carboxylic acids is 1. The van der Waals surface area contributed by atoms with Gasteiger partial charge >= 0.3 is 5.97 Å². The molecule has 4 nitrogen and oxygen atoms in total. The fourth-order valence-electron chi connectivity index (χ4n) is 1.42. The molecule has 1 atom stereocenters. The quantitative estimate of drug-likeness (QED) is 0.810. The molecule has 0 bridgehead atoms. The third-order valence-corrected chi connectivity index (χ3v) is 2.36. The summed E-state index contributed by atoms with van der Waals surface area (Å²) in [5.41, 5.74) is 0.859. The highest BCUT2D eigenvalue weighted by molar-refractivity contribution is 6.07. The lowest BCUT2D eigenvalue weighted by Gasteiger charge is -2.26. The molecule has 0 unspecified atom stereocenters. The van der Waals surface area contributed by atoms with Gasteiger partial charge in [-0.15, -0.1) is 0 Å². The van der Waals surface area contributed by atoms with Crippen molar-refractivity contribution in [3.05, 3.63) is 42.5 Å². The predicted molar refractivity (Wildman–Crippen MR) is 65.8 cm³/mol. The molecule has 0 aliphatic rings. The number of aliphatic carboxylic acids is 1. The number of hydrogen-bond donors (Lipinski definition) is 1. The van der Waals surface area contributed by atoms with E-state index in [9.17, 15) is 9.59 Å². The van der Waals surface area contributed by atoms with E-state index in [2.05, 4.69) is 6.58 Å². The highest BCUT2D eigenvalue weighted by Gasteiger charge is 2.27. The van der Waals surface area contributed by atoms with Gasteiger partial charge in [0.25, 0.3) is 5.91 Å². The molecule has 17 heavy (non-hydrogen) atoms. The van der Waals surface area contributed by atoms with Gasteiger partial charge in [0.15, 0.2) is 0 Å². The third kappa shape index (κ3) is 2.93. The van der Waals surface area contributed by atoms with Crippen molar-refractivity contribution in [2.24, 2.45) is 0 Å². The molecule has 1 amide bonds. The van der Waals surface area contributed by atoms with Gasteiger partial charge in [0.2, 0.25) is 0 Å². The summed E-state index contributed by atoms with van der Waals surface area (Å²) in [6, 6.07) is 7.77. The Morgan fingerprint density at radius 1 is 1.29 bits per heavy atom. The number of carboxylic acids is 1. The molecule has 90 valence electrons. The molecule has 0 saturated carbocycles. The van der Waals surface area contributed by atoms with Crippen LogP contribution in [0.1, 0.15) is 13.8 Å². The minimum atomic E-state index is -1.05. The van der Waals surface area contributed by atoms with Gasteiger partial charge in [-0.25, -0.2) is 4.79 Å². The number of hydrogen-bond acceptors (Lipinski definition) is 2. The molecule has 0 saturated heterocycles. The second-order valence-electron chi connectivity index (χ2n) is 3.81. The lowest BCUT2D eigenvalue weighted by atomic mass is 10.2. The molecule has 0 fully saturated rings. The van der Waals surface area contributed by atoms with Gasteiger partial charge < -0.3 is 5.11 Å². The first-order valence-corrected chi connectivity index (χ1v) is 5.22. The highest BCUT2D eigenvalue weighted by atomic mass is 16.4. The molecule has 0 aliphatic heterocycles. The van der Waals surface area contributed by atoms with E-state index in [0.717, 1.165) is 0 Å². The normalized spacial score (nSPS) is 11.6. The van der Waals surface area contributed by atoms with Crippen molar-refractivity contribution in [3.8, 4) is 0 Å². The van der Waals surface area contributed by atoms with Gasteiger partial charge in [-0.3, -0.25) is 9.69 Å². The van der Waals surface area contributed by atoms with Crippen molar-refractivity contribution in [3.63, 3.8) is 0 Å². The molecule has 0 aromatic heterocycles. The van der Waals surface area contributed by atoms with Crippen molar-refractivity contribution >= 4 is 17.6 Å². The molecule has 0 aliphatic carbocycles. The molecular formula is C13H15NO3. The smallest absolute Gasteiger partial charge is 0.326 e. The van der Waals surface area contributed by atoms with Crippen LogP contribution in [0.4, 0.5) is 5.69 Å². The number of para-hydroxylation sites is 1. The van der Waals surface area contributed by atoms with Crippen LogP contribution in [0.5, 0.6) is 0 Å². The summed E-state index contributed by atoms with van der Waals surface area (Å²) in [4.78, 5) is 24.2. The van der Waals surface area contributed by atoms with E-state index >= 15 is 0 Å². The van der Waals surface area contributed by atoms with E-state index in [-0.39, 0.29) is 5.91 Å². The molecule has 0 radical (unpaired) electrons. The monoisotopic (exact) mass is 233 g/mol. The molecular weight excluding hydrogens is 218 g/mol. The van der Waals surface area contributed by atoms with Crippen LogP contribution >= 0.6 is 0 Å². The van der Waals surface area contributed by atoms with Crippen LogP contribution in [0.3, 0.4) is 0 Å². The van der Waals surface area contributed by atoms with Crippen LogP contribution in [0.25, 0.3) is 0 Å². The summed E-state index contributed by atoms with van der Waals surface area (Å²) in [5.74, 6) is -1.44. The fourth-order valence-corrected chi connectivity index (χ4v) is 1.42. The Bertz CT molecular complexity index is 439. The first-order chi connectivity index (χ1) is 7.95. The standard InChI is InChI=1S/C13H15NO3/c1-9(2)12(15)14(10(3)13(16)17)11-7-5-4-6-8-11/h4-8,10H,1H2,2-3H3,(H,16,17)/t10-/m0/s1. The van der Waals surface area contributed by atoms with Crippen LogP contribution in [0.15, 0.2) is 42.5 Å². The summed E-state index contributed by atoms with van der Waals surface area (Å²) in [5, 5.41) is 9.02. The second-order valence-corrected chi connectivity index (χ2v) is 3.81. The Labute approximate surface area is 100 Å². The Balaban J connectivity index is 3.16. The summed E-state index contributed by atoms with van der Waals surface area (Å²) in [6.07, 6.45) is 0. The largest absolute Gasteiger partial charge is 0.480 e. The predicted octanol–water partition coefficient (Wildman–Crippen LogP) is 2.07. The number of anilines is 1. The van der Waals surface area contributed by atoms with Crippen LogP contribution in [-0.2, 0) is 9.59 Å². The third-order valence-electron chi connectivity index (χ3n) is 2.36. The van der Waals surface area contributed by atoms with Gasteiger partial charge in [-0.05, 0) is 26.0 Å². The number of amides is 1. The van der Waals surface area contributed by atoms with E-state index in [4.69, 9.17) is 5.11 Å². The van der Waals surface area contributed by atoms with E-state index in [0.29, 0.717) is 11.3 Å². The van der Waals surface area contributed by atoms with E-state index in [1.165, 1.54) is 11.8 Å². The Kier molecular flexibility index (Phi) is 4.04. The van der Waals surface area contributed by atoms with Crippen molar-refractivity contribution in [2.75, 3.05) is 4.90 Å². The maximum absolute atomic E-state index is 12.0. The highest BCUT2D eigenvalue weighted by Crippen LogP contribution is 2.18. The van der Waals surface area contributed by atoms with Crippen LogP contribution < -0.4 is 4.90 Å². The molecule has 0 heterocycles. The maximum atomic E-state index is 12.0. The fraction of sp³-hybridized carbons (Fsp3) is 0.231. The van der Waals surface area contributed by atoms with Crippen molar-refractivity contribution in [1.82, 2.24) is 0 Å². The zero-order valence-electron chi connectivity index (χ0n) is 9.88. The number of nitrogens with zero attached hydrogens (tertiary/aromatic N) is 1. The van der Waals surface area contributed by atoms with Gasteiger partial charge in [-0.1, -0.05) is 24.8 Å². The lowest BCUT2D eigenvalue weighted by molar-refractivity contribution is -0.139. The second kappa shape index (κ2) is 5.30. The molecule has 1 rings (SSSR count). The van der Waals surface area contributed by atoms with Crippen LogP contribution in [0.2, 0.25) is 0 Å². The lowest BCUT2D eigenvalue weighted by Crippen LogP contribution is -2.43. The number of benzene rings is 1. The summed E-state index contributed by atoms with van der Waals surface area (Å²) < 4.78 is 0. The Hall–Kier alpha value is -2.10. The first kappa shape index (κ1) is 13.0. The summed E-state index contributed by atoms with van der Waals surface area (Å²) in [7, 11) is 0. The number of carboxylic acid groups (broad SMARTS) is 1. The zero-order chi connectivity index (χ0) is 13.0. The first-order valence-electron chi connectivity index (χ1n) is 5.22. The SMILES string of the molecule is C=C(C)C(=O)N(c1ccccc1)[C@@H](C)C(=O)O. The maximum Gasteiger partial charge on any atom is 0.326 e. The van der Waals surface area contributed by atoms with E-state index in [1.807, 2.05) is 0 Å². The van der Waals surface area contributed by atoms with Gasteiger partial charge in [-0.2, -0.15) is 0 Å².